The molecule has 0 unspecified atom stereocenters. The quantitative estimate of drug-likeness (QED) is 0.832. The molecule has 0 N–H and O–H groups in total. The Kier molecular flexibility index (Phi) is 3.76. The van der Waals surface area contributed by atoms with E-state index in [0.717, 1.165) is 0 Å². The molecule has 1 aromatic carbocycles. The summed E-state index contributed by atoms with van der Waals surface area (Å²) < 4.78 is 10.1. The molecule has 0 spiro atoms. The third kappa shape index (κ3) is 2.49. The van der Waals surface area contributed by atoms with Gasteiger partial charge in [-0.1, -0.05) is 23.2 Å². The molecule has 0 saturated carbocycles. The summed E-state index contributed by atoms with van der Waals surface area (Å²) >= 11 is 12.0. The van der Waals surface area contributed by atoms with Gasteiger partial charge in [0.2, 0.25) is 0 Å². The van der Waals surface area contributed by atoms with E-state index in [1.807, 2.05) is 0 Å². The number of anilines is 1. The molecule has 1 amide bonds. The summed E-state index contributed by atoms with van der Waals surface area (Å²) in [5.41, 5.74) is 0.661. The van der Waals surface area contributed by atoms with Gasteiger partial charge in [-0.05, 0) is 12.1 Å². The third-order valence-corrected chi connectivity index (χ3v) is 3.05. The lowest BCUT2D eigenvalue weighted by Gasteiger charge is -2.27. The summed E-state index contributed by atoms with van der Waals surface area (Å²) in [7, 11) is 1.49. The van der Waals surface area contributed by atoms with Crippen molar-refractivity contribution in [3.63, 3.8) is 0 Å². The summed E-state index contributed by atoms with van der Waals surface area (Å²) in [6, 6.07) is 3.32. The SMILES string of the molecule is COc1c(Cl)cc(N2CCOCC2=O)cc1Cl. The van der Waals surface area contributed by atoms with Gasteiger partial charge in [0.1, 0.15) is 6.61 Å². The summed E-state index contributed by atoms with van der Waals surface area (Å²) in [5, 5.41) is 0.767. The topological polar surface area (TPSA) is 38.8 Å². The van der Waals surface area contributed by atoms with Crippen molar-refractivity contribution < 1.29 is 14.3 Å². The lowest BCUT2D eigenvalue weighted by molar-refractivity contribution is -0.125. The smallest absolute Gasteiger partial charge is 0.253 e. The van der Waals surface area contributed by atoms with Crippen LogP contribution in [0.15, 0.2) is 12.1 Å². The highest BCUT2D eigenvalue weighted by Crippen LogP contribution is 2.37. The Morgan fingerprint density at radius 2 is 2.00 bits per heavy atom. The molecule has 4 nitrogen and oxygen atoms in total. The molecule has 0 bridgehead atoms. The maximum absolute atomic E-state index is 11.7. The first-order valence-electron chi connectivity index (χ1n) is 5.04. The minimum atomic E-state index is -0.103. The van der Waals surface area contributed by atoms with Crippen molar-refractivity contribution in [2.24, 2.45) is 0 Å². The highest BCUT2D eigenvalue weighted by molar-refractivity contribution is 6.37. The Morgan fingerprint density at radius 3 is 2.53 bits per heavy atom. The van der Waals surface area contributed by atoms with Crippen LogP contribution in [0.2, 0.25) is 10.0 Å². The molecule has 0 aromatic heterocycles. The molecule has 0 aliphatic carbocycles. The summed E-state index contributed by atoms with van der Waals surface area (Å²) in [5.74, 6) is 0.311. The van der Waals surface area contributed by atoms with Crippen LogP contribution in [0.4, 0.5) is 5.69 Å². The number of amides is 1. The molecule has 1 heterocycles. The maximum atomic E-state index is 11.7. The molecule has 17 heavy (non-hydrogen) atoms. The Hall–Kier alpha value is -0.970. The standard InChI is InChI=1S/C11H11Cl2NO3/c1-16-11-8(12)4-7(5-9(11)13)14-2-3-17-6-10(14)15/h4-5H,2-3,6H2,1H3. The number of carbonyl (C=O) groups is 1. The van der Waals surface area contributed by atoms with E-state index in [4.69, 9.17) is 32.7 Å². The van der Waals surface area contributed by atoms with E-state index in [1.54, 1.807) is 17.0 Å². The van der Waals surface area contributed by atoms with Crippen molar-refractivity contribution in [1.82, 2.24) is 0 Å². The number of benzene rings is 1. The summed E-state index contributed by atoms with van der Waals surface area (Å²) in [6.45, 7) is 1.09. The van der Waals surface area contributed by atoms with Crippen LogP contribution in [0.5, 0.6) is 5.75 Å². The van der Waals surface area contributed by atoms with Crippen LogP contribution < -0.4 is 9.64 Å². The minimum Gasteiger partial charge on any atom is -0.494 e. The van der Waals surface area contributed by atoms with Crippen LogP contribution in [0.25, 0.3) is 0 Å². The van der Waals surface area contributed by atoms with E-state index in [0.29, 0.717) is 34.6 Å². The Labute approximate surface area is 109 Å². The predicted octanol–water partition coefficient (Wildman–Crippen LogP) is 2.37. The summed E-state index contributed by atoms with van der Waals surface area (Å²) in [6.07, 6.45) is 0. The van der Waals surface area contributed by atoms with Crippen molar-refractivity contribution in [2.75, 3.05) is 31.8 Å². The van der Waals surface area contributed by atoms with E-state index in [1.165, 1.54) is 7.11 Å². The number of carbonyl (C=O) groups excluding carboxylic acids is 1. The predicted molar refractivity (Wildman–Crippen MR) is 66.2 cm³/mol. The molecule has 1 fully saturated rings. The second-order valence-corrected chi connectivity index (χ2v) is 4.36. The van der Waals surface area contributed by atoms with E-state index in [-0.39, 0.29) is 12.5 Å². The average Bonchev–Trinajstić information content (AvgIpc) is 2.29. The van der Waals surface area contributed by atoms with Crippen molar-refractivity contribution in [3.05, 3.63) is 22.2 Å². The number of hydrogen-bond acceptors (Lipinski definition) is 3. The molecule has 1 saturated heterocycles. The monoisotopic (exact) mass is 275 g/mol. The van der Waals surface area contributed by atoms with E-state index < -0.39 is 0 Å². The Morgan fingerprint density at radius 1 is 1.35 bits per heavy atom. The third-order valence-electron chi connectivity index (χ3n) is 2.48. The largest absolute Gasteiger partial charge is 0.494 e. The fourth-order valence-corrected chi connectivity index (χ4v) is 2.32. The number of hydrogen-bond donors (Lipinski definition) is 0. The first-order valence-corrected chi connectivity index (χ1v) is 5.80. The Bertz CT molecular complexity index is 427. The van der Waals surface area contributed by atoms with Gasteiger partial charge < -0.3 is 14.4 Å². The molecule has 0 radical (unpaired) electrons. The lowest BCUT2D eigenvalue weighted by Crippen LogP contribution is -2.41. The maximum Gasteiger partial charge on any atom is 0.253 e. The fraction of sp³-hybridized carbons (Fsp3) is 0.364. The zero-order valence-corrected chi connectivity index (χ0v) is 10.7. The van der Waals surface area contributed by atoms with Crippen molar-refractivity contribution in [2.45, 2.75) is 0 Å². The second-order valence-electron chi connectivity index (χ2n) is 3.54. The van der Waals surface area contributed by atoms with Gasteiger partial charge in [0, 0.05) is 12.2 Å². The van der Waals surface area contributed by atoms with Crippen LogP contribution in [0.1, 0.15) is 0 Å². The van der Waals surface area contributed by atoms with Crippen molar-refractivity contribution >= 4 is 34.8 Å². The van der Waals surface area contributed by atoms with Crippen LogP contribution in [-0.2, 0) is 9.53 Å². The van der Waals surface area contributed by atoms with Crippen molar-refractivity contribution in [3.8, 4) is 5.75 Å². The highest BCUT2D eigenvalue weighted by atomic mass is 35.5. The van der Waals surface area contributed by atoms with Crippen LogP contribution >= 0.6 is 23.2 Å². The number of halogens is 2. The number of nitrogens with zero attached hydrogens (tertiary/aromatic N) is 1. The average molecular weight is 276 g/mol. The lowest BCUT2D eigenvalue weighted by atomic mass is 10.2. The van der Waals surface area contributed by atoms with Crippen molar-refractivity contribution in [1.29, 1.82) is 0 Å². The molecule has 92 valence electrons. The summed E-state index contributed by atoms with van der Waals surface area (Å²) in [4.78, 5) is 13.3. The van der Waals surface area contributed by atoms with Gasteiger partial charge in [0.05, 0.1) is 23.8 Å². The van der Waals surface area contributed by atoms with Crippen LogP contribution in [-0.4, -0.2) is 32.8 Å². The van der Waals surface area contributed by atoms with Gasteiger partial charge in [-0.3, -0.25) is 4.79 Å². The molecule has 1 aromatic rings. The van der Waals surface area contributed by atoms with Crippen LogP contribution in [0.3, 0.4) is 0 Å². The zero-order valence-electron chi connectivity index (χ0n) is 9.20. The molecule has 0 atom stereocenters. The number of morpholine rings is 1. The normalized spacial score (nSPS) is 16.2. The minimum absolute atomic E-state index is 0.0846. The van der Waals surface area contributed by atoms with Gasteiger partial charge in [-0.25, -0.2) is 0 Å². The fourth-order valence-electron chi connectivity index (χ4n) is 1.69. The zero-order chi connectivity index (χ0) is 12.4. The van der Waals surface area contributed by atoms with Gasteiger partial charge in [-0.2, -0.15) is 0 Å². The second kappa shape index (κ2) is 5.12. The Balaban J connectivity index is 2.36. The van der Waals surface area contributed by atoms with E-state index in [2.05, 4.69) is 0 Å². The highest BCUT2D eigenvalue weighted by Gasteiger charge is 2.22. The van der Waals surface area contributed by atoms with E-state index >= 15 is 0 Å². The van der Waals surface area contributed by atoms with Crippen LogP contribution in [0, 0.1) is 0 Å². The molecule has 1 aliphatic heterocycles. The molecular formula is C11H11Cl2NO3. The molecule has 6 heteroatoms. The van der Waals surface area contributed by atoms with E-state index in [9.17, 15) is 4.79 Å². The van der Waals surface area contributed by atoms with Gasteiger partial charge in [0.25, 0.3) is 5.91 Å². The molecule has 2 rings (SSSR count). The number of ether oxygens (including phenoxy) is 2. The number of methoxy groups -OCH3 is 1. The molecule has 1 aliphatic rings. The first kappa shape index (κ1) is 12.5. The van der Waals surface area contributed by atoms with Gasteiger partial charge >= 0.3 is 0 Å². The number of rotatable bonds is 2. The van der Waals surface area contributed by atoms with Gasteiger partial charge in [0.15, 0.2) is 5.75 Å². The van der Waals surface area contributed by atoms with Gasteiger partial charge in [-0.15, -0.1) is 0 Å². The first-order chi connectivity index (χ1) is 8.13. The molecular weight excluding hydrogens is 265 g/mol.